The molecular formula is C27H39NO5S. The second-order valence-electron chi connectivity index (χ2n) is 9.00. The molecule has 0 aromatic heterocycles. The second-order valence-corrected chi connectivity index (χ2v) is 11.3. The zero-order chi connectivity index (χ0) is 25.0. The average Bonchev–Trinajstić information content (AvgIpc) is 2.81. The fourth-order valence-corrected chi connectivity index (χ4v) is 5.53. The summed E-state index contributed by atoms with van der Waals surface area (Å²) in [5, 5.41) is 12.4. The summed E-state index contributed by atoms with van der Waals surface area (Å²) in [6.45, 7) is 6.51. The van der Waals surface area contributed by atoms with Crippen molar-refractivity contribution in [1.29, 1.82) is 0 Å². The van der Waals surface area contributed by atoms with Gasteiger partial charge < -0.3 is 15.2 Å². The fraction of sp³-hybridized carbons (Fsp3) is 0.519. The van der Waals surface area contributed by atoms with Gasteiger partial charge in [-0.05, 0) is 56.0 Å². The van der Waals surface area contributed by atoms with E-state index in [1.807, 2.05) is 48.5 Å². The van der Waals surface area contributed by atoms with Crippen molar-refractivity contribution >= 4 is 15.8 Å². The zero-order valence-corrected chi connectivity index (χ0v) is 21.4. The number of hydrogen-bond donors (Lipinski definition) is 2. The molecule has 6 nitrogen and oxygen atoms in total. The van der Waals surface area contributed by atoms with Gasteiger partial charge in [0.25, 0.3) is 0 Å². The number of carboxylic acid groups (broad SMARTS) is 1. The van der Waals surface area contributed by atoms with Crippen LogP contribution in [-0.2, 0) is 26.8 Å². The Bertz CT molecular complexity index is 993. The number of ether oxygens (including phenoxy) is 1. The van der Waals surface area contributed by atoms with Gasteiger partial charge in [-0.1, -0.05) is 75.6 Å². The highest BCUT2D eigenvalue weighted by molar-refractivity contribution is 7.91. The third kappa shape index (κ3) is 8.76. The molecule has 0 saturated carbocycles. The predicted molar refractivity (Wildman–Crippen MR) is 137 cm³/mol. The Balaban J connectivity index is 1.95. The molecule has 2 N–H and O–H groups in total. The van der Waals surface area contributed by atoms with E-state index in [2.05, 4.69) is 12.2 Å². The largest absolute Gasteiger partial charge is 0.478 e. The van der Waals surface area contributed by atoms with Crippen LogP contribution < -0.4 is 10.1 Å². The van der Waals surface area contributed by atoms with Gasteiger partial charge in [-0.3, -0.25) is 0 Å². The number of aliphatic carboxylic acids is 1. The third-order valence-electron chi connectivity index (χ3n) is 6.18. The van der Waals surface area contributed by atoms with Crippen LogP contribution in [0, 0.1) is 0 Å². The van der Waals surface area contributed by atoms with E-state index in [1.165, 1.54) is 0 Å². The van der Waals surface area contributed by atoms with Crippen LogP contribution in [0.25, 0.3) is 0 Å². The van der Waals surface area contributed by atoms with Crippen LogP contribution in [-0.4, -0.2) is 43.4 Å². The number of carboxylic acids is 1. The van der Waals surface area contributed by atoms with Gasteiger partial charge in [-0.15, -0.1) is 0 Å². The number of hydrogen-bond acceptors (Lipinski definition) is 5. The van der Waals surface area contributed by atoms with Crippen LogP contribution in [0.4, 0.5) is 0 Å². The smallest absolute Gasteiger partial charge is 0.347 e. The maximum Gasteiger partial charge on any atom is 0.347 e. The lowest BCUT2D eigenvalue weighted by molar-refractivity contribution is -0.154. The third-order valence-corrected chi connectivity index (χ3v) is 8.33. The van der Waals surface area contributed by atoms with E-state index in [-0.39, 0.29) is 5.75 Å². The van der Waals surface area contributed by atoms with Gasteiger partial charge in [0.15, 0.2) is 9.84 Å². The number of unbranched alkanes of at least 4 members (excludes halogenated alkanes) is 2. The van der Waals surface area contributed by atoms with Gasteiger partial charge in [0.05, 0.1) is 11.0 Å². The van der Waals surface area contributed by atoms with Crippen molar-refractivity contribution in [3.05, 3.63) is 65.7 Å². The number of rotatable bonds is 16. The molecule has 188 valence electrons. The van der Waals surface area contributed by atoms with Gasteiger partial charge >= 0.3 is 5.97 Å². The van der Waals surface area contributed by atoms with E-state index < -0.39 is 26.7 Å². The van der Waals surface area contributed by atoms with E-state index >= 15 is 0 Å². The summed E-state index contributed by atoms with van der Waals surface area (Å²) in [4.78, 5) is 11.5. The van der Waals surface area contributed by atoms with Crippen molar-refractivity contribution in [2.24, 2.45) is 0 Å². The van der Waals surface area contributed by atoms with Crippen LogP contribution in [0.5, 0.6) is 5.75 Å². The number of carbonyl (C=O) groups is 1. The lowest BCUT2D eigenvalue weighted by Gasteiger charge is -2.25. The molecule has 0 aliphatic carbocycles. The quantitative estimate of drug-likeness (QED) is 0.322. The average molecular weight is 490 g/mol. The molecular weight excluding hydrogens is 450 g/mol. The van der Waals surface area contributed by atoms with Crippen molar-refractivity contribution < 1.29 is 23.1 Å². The molecule has 34 heavy (non-hydrogen) atoms. The van der Waals surface area contributed by atoms with Gasteiger partial charge in [-0.25, -0.2) is 13.2 Å². The summed E-state index contributed by atoms with van der Waals surface area (Å²) in [6.07, 6.45) is 4.67. The van der Waals surface area contributed by atoms with Crippen LogP contribution in [0.1, 0.15) is 64.0 Å². The first-order valence-corrected chi connectivity index (χ1v) is 13.9. The molecule has 0 amide bonds. The molecule has 2 aromatic carbocycles. The lowest BCUT2D eigenvalue weighted by Crippen LogP contribution is -2.40. The molecule has 0 spiro atoms. The maximum absolute atomic E-state index is 13.1. The first-order valence-electron chi connectivity index (χ1n) is 12.2. The highest BCUT2D eigenvalue weighted by Gasteiger charge is 2.33. The summed E-state index contributed by atoms with van der Waals surface area (Å²) in [7, 11) is -3.28. The highest BCUT2D eigenvalue weighted by atomic mass is 32.2. The summed E-state index contributed by atoms with van der Waals surface area (Å²) < 4.78 is 32.0. The van der Waals surface area contributed by atoms with Crippen LogP contribution in [0.15, 0.2) is 54.6 Å². The molecule has 0 heterocycles. The molecule has 2 unspecified atom stereocenters. The Hall–Kier alpha value is -2.38. The Kier molecular flexibility index (Phi) is 11.1. The molecule has 2 aromatic rings. The number of sulfone groups is 1. The fourth-order valence-electron chi connectivity index (χ4n) is 3.74. The molecule has 7 heteroatoms. The van der Waals surface area contributed by atoms with E-state index in [9.17, 15) is 18.3 Å². The minimum atomic E-state index is -3.28. The van der Waals surface area contributed by atoms with Crippen molar-refractivity contribution in [2.75, 3.05) is 13.1 Å². The van der Waals surface area contributed by atoms with Gasteiger partial charge in [0, 0.05) is 6.54 Å². The maximum atomic E-state index is 13.1. The Morgan fingerprint density at radius 3 is 2.41 bits per heavy atom. The predicted octanol–water partition coefficient (Wildman–Crippen LogP) is 5.01. The van der Waals surface area contributed by atoms with Crippen molar-refractivity contribution in [2.45, 2.75) is 75.9 Å². The van der Waals surface area contributed by atoms with Crippen LogP contribution >= 0.6 is 0 Å². The Morgan fingerprint density at radius 1 is 1.06 bits per heavy atom. The van der Waals surface area contributed by atoms with Gasteiger partial charge in [0.2, 0.25) is 5.60 Å². The Labute approximate surface area is 204 Å². The topological polar surface area (TPSA) is 92.7 Å². The van der Waals surface area contributed by atoms with Gasteiger partial charge in [-0.2, -0.15) is 0 Å². The summed E-state index contributed by atoms with van der Waals surface area (Å²) >= 11 is 0. The normalized spacial score (nSPS) is 14.3. The molecule has 0 saturated heterocycles. The zero-order valence-electron chi connectivity index (χ0n) is 20.6. The number of benzene rings is 2. The molecule has 2 atom stereocenters. The second kappa shape index (κ2) is 13.5. The summed E-state index contributed by atoms with van der Waals surface area (Å²) in [5.41, 5.74) is 0.555. The van der Waals surface area contributed by atoms with Crippen molar-refractivity contribution in [3.63, 3.8) is 0 Å². The minimum absolute atomic E-state index is 0.0610. The van der Waals surface area contributed by atoms with Gasteiger partial charge in [0.1, 0.15) is 5.75 Å². The lowest BCUT2D eigenvalue weighted by atomic mass is 10.0. The monoisotopic (exact) mass is 489 g/mol. The highest BCUT2D eigenvalue weighted by Crippen LogP contribution is 2.23. The van der Waals surface area contributed by atoms with Crippen LogP contribution in [0.3, 0.4) is 0 Å². The molecule has 0 fully saturated rings. The Morgan fingerprint density at radius 2 is 1.76 bits per heavy atom. The standard InChI is InChI=1S/C27H39NO5S/c1-4-6-8-16-25(34(31,32)21-23-12-9-7-10-13-23)20-28-18-17-22-14-11-15-24(19-22)33-27(3,5-2)26(29)30/h7,9-15,19,25,28H,4-6,8,16-18,20-21H2,1-3H3,(H,29,30). The van der Waals surface area contributed by atoms with Crippen molar-refractivity contribution in [1.82, 2.24) is 5.32 Å². The molecule has 0 aliphatic rings. The van der Waals surface area contributed by atoms with Crippen LogP contribution in [0.2, 0.25) is 0 Å². The number of nitrogens with one attached hydrogen (secondary N) is 1. The SMILES string of the molecule is CCCCCC(CNCCc1cccc(OC(C)(CC)C(=O)O)c1)S(=O)(=O)Cc1ccccc1. The summed E-state index contributed by atoms with van der Waals surface area (Å²) in [5.74, 6) is -0.411. The minimum Gasteiger partial charge on any atom is -0.478 e. The molecule has 2 rings (SSSR count). The summed E-state index contributed by atoms with van der Waals surface area (Å²) in [6, 6.07) is 16.8. The first kappa shape index (κ1) is 27.9. The van der Waals surface area contributed by atoms with E-state index in [4.69, 9.17) is 4.74 Å². The van der Waals surface area contributed by atoms with E-state index in [0.717, 1.165) is 30.4 Å². The van der Waals surface area contributed by atoms with Crippen molar-refractivity contribution in [3.8, 4) is 5.75 Å². The van der Waals surface area contributed by atoms with E-state index in [1.54, 1.807) is 19.9 Å². The first-order chi connectivity index (χ1) is 16.2. The van der Waals surface area contributed by atoms with E-state index in [0.29, 0.717) is 38.1 Å². The molecule has 0 aliphatic heterocycles. The molecule has 0 radical (unpaired) electrons. The molecule has 0 bridgehead atoms.